The van der Waals surface area contributed by atoms with Crippen LogP contribution in [0.1, 0.15) is 24.5 Å². The maximum absolute atomic E-state index is 12.5. The van der Waals surface area contributed by atoms with Crippen molar-refractivity contribution in [2.24, 2.45) is 0 Å². The highest BCUT2D eigenvalue weighted by atomic mass is 32.2. The Morgan fingerprint density at radius 1 is 1.17 bits per heavy atom. The molecule has 8 heteroatoms. The average molecular weight is 426 g/mol. The Labute approximate surface area is 181 Å². The molecule has 0 aliphatic rings. The van der Waals surface area contributed by atoms with Gasteiger partial charge in [0.05, 0.1) is 5.75 Å². The molecule has 1 amide bonds. The van der Waals surface area contributed by atoms with Crippen LogP contribution in [0.15, 0.2) is 47.9 Å². The third kappa shape index (κ3) is 5.90. The monoisotopic (exact) mass is 425 g/mol. The van der Waals surface area contributed by atoms with Crippen molar-refractivity contribution >= 4 is 23.4 Å². The van der Waals surface area contributed by atoms with Crippen LogP contribution in [0.5, 0.6) is 0 Å². The minimum absolute atomic E-state index is 0.0683. The van der Waals surface area contributed by atoms with Crippen LogP contribution < -0.4 is 5.32 Å². The average Bonchev–Trinajstić information content (AvgIpc) is 3.15. The van der Waals surface area contributed by atoms with Gasteiger partial charge in [-0.25, -0.2) is 0 Å². The molecule has 0 bridgehead atoms. The number of rotatable bonds is 10. The lowest BCUT2D eigenvalue weighted by atomic mass is 10.1. The molecule has 0 aliphatic heterocycles. The molecule has 0 spiro atoms. The highest BCUT2D eigenvalue weighted by molar-refractivity contribution is 7.99. The van der Waals surface area contributed by atoms with E-state index in [4.69, 9.17) is 4.74 Å². The van der Waals surface area contributed by atoms with Gasteiger partial charge in [0.2, 0.25) is 5.91 Å². The first-order valence-corrected chi connectivity index (χ1v) is 11.0. The second-order valence-corrected chi connectivity index (χ2v) is 7.84. The van der Waals surface area contributed by atoms with Crippen LogP contribution >= 0.6 is 11.8 Å². The molecule has 2 heterocycles. The summed E-state index contributed by atoms with van der Waals surface area (Å²) in [5, 5.41) is 12.4. The normalized spacial score (nSPS) is 10.9. The summed E-state index contributed by atoms with van der Waals surface area (Å²) < 4.78 is 7.51. The third-order valence-electron chi connectivity index (χ3n) is 4.52. The number of amides is 1. The largest absolute Gasteiger partial charge is 0.382 e. The summed E-state index contributed by atoms with van der Waals surface area (Å²) in [6.45, 7) is 8.09. The molecule has 3 rings (SSSR count). The van der Waals surface area contributed by atoms with E-state index in [1.807, 2.05) is 49.6 Å². The van der Waals surface area contributed by atoms with Crippen molar-refractivity contribution in [3.63, 3.8) is 0 Å². The number of carbonyl (C=O) groups excluding carboxylic acids is 1. The summed E-state index contributed by atoms with van der Waals surface area (Å²) in [6, 6.07) is 9.80. The number of aryl methyl sites for hydroxylation is 2. The zero-order valence-electron chi connectivity index (χ0n) is 17.6. The molecule has 30 heavy (non-hydrogen) atoms. The van der Waals surface area contributed by atoms with E-state index in [1.54, 1.807) is 12.4 Å². The van der Waals surface area contributed by atoms with Gasteiger partial charge in [0, 0.05) is 43.4 Å². The Bertz CT molecular complexity index is 975. The van der Waals surface area contributed by atoms with Crippen molar-refractivity contribution in [3.05, 3.63) is 53.9 Å². The third-order valence-corrected chi connectivity index (χ3v) is 5.49. The van der Waals surface area contributed by atoms with Gasteiger partial charge in [0.15, 0.2) is 11.0 Å². The smallest absolute Gasteiger partial charge is 0.234 e. The topological polar surface area (TPSA) is 81.9 Å². The lowest BCUT2D eigenvalue weighted by molar-refractivity contribution is -0.113. The molecule has 7 nitrogen and oxygen atoms in total. The zero-order chi connectivity index (χ0) is 21.3. The number of thioether (sulfide) groups is 1. The molecular weight excluding hydrogens is 398 g/mol. The Morgan fingerprint density at radius 2 is 1.97 bits per heavy atom. The lowest BCUT2D eigenvalue weighted by Gasteiger charge is -2.11. The van der Waals surface area contributed by atoms with Crippen molar-refractivity contribution < 1.29 is 9.53 Å². The van der Waals surface area contributed by atoms with Crippen LogP contribution in [0.3, 0.4) is 0 Å². The fourth-order valence-electron chi connectivity index (χ4n) is 3.05. The minimum atomic E-state index is -0.0683. The SMILES string of the molecule is CCOCCCn1c(SCC(=O)Nc2ccc(C)cc2C)nnc1-c1ccncc1. The first-order chi connectivity index (χ1) is 14.6. The van der Waals surface area contributed by atoms with Crippen LogP contribution in [0, 0.1) is 13.8 Å². The summed E-state index contributed by atoms with van der Waals surface area (Å²) >= 11 is 1.38. The molecule has 0 saturated heterocycles. The first-order valence-electron chi connectivity index (χ1n) is 9.99. The standard InChI is InChI=1S/C22H27N5O2S/c1-4-29-13-5-12-27-21(18-8-10-23-11-9-18)25-26-22(27)30-15-20(28)24-19-7-6-16(2)14-17(19)3/h6-11,14H,4-5,12-13,15H2,1-3H3,(H,24,28). The highest BCUT2D eigenvalue weighted by Crippen LogP contribution is 2.24. The van der Waals surface area contributed by atoms with Crippen molar-refractivity contribution in [2.75, 3.05) is 24.3 Å². The van der Waals surface area contributed by atoms with E-state index in [0.717, 1.165) is 29.1 Å². The Kier molecular flexibility index (Phi) is 7.98. The molecule has 0 saturated carbocycles. The number of carbonyl (C=O) groups is 1. The first kappa shape index (κ1) is 22.0. The number of nitrogens with one attached hydrogen (secondary N) is 1. The molecule has 1 aromatic carbocycles. The Morgan fingerprint density at radius 3 is 2.70 bits per heavy atom. The van der Waals surface area contributed by atoms with E-state index in [1.165, 1.54) is 17.3 Å². The number of hydrogen-bond acceptors (Lipinski definition) is 6. The predicted octanol–water partition coefficient (Wildman–Crippen LogP) is 4.11. The number of pyridine rings is 1. The van der Waals surface area contributed by atoms with Crippen molar-refractivity contribution in [1.82, 2.24) is 19.7 Å². The molecule has 0 aliphatic carbocycles. The van der Waals surface area contributed by atoms with Gasteiger partial charge in [-0.3, -0.25) is 9.78 Å². The van der Waals surface area contributed by atoms with Crippen LogP contribution in [0.25, 0.3) is 11.4 Å². The number of hydrogen-bond donors (Lipinski definition) is 1. The number of nitrogens with zero attached hydrogens (tertiary/aromatic N) is 4. The van der Waals surface area contributed by atoms with Gasteiger partial charge in [-0.05, 0) is 51.0 Å². The fourth-order valence-corrected chi connectivity index (χ4v) is 3.82. The van der Waals surface area contributed by atoms with E-state index in [-0.39, 0.29) is 11.7 Å². The summed E-state index contributed by atoms with van der Waals surface area (Å²) in [5.74, 6) is 0.959. The maximum atomic E-state index is 12.5. The Balaban J connectivity index is 1.69. The summed E-state index contributed by atoms with van der Waals surface area (Å²) in [5.41, 5.74) is 4.00. The lowest BCUT2D eigenvalue weighted by Crippen LogP contribution is -2.15. The van der Waals surface area contributed by atoms with E-state index < -0.39 is 0 Å². The van der Waals surface area contributed by atoms with Crippen LogP contribution in [-0.4, -0.2) is 44.6 Å². The van der Waals surface area contributed by atoms with Gasteiger partial charge in [-0.15, -0.1) is 10.2 Å². The van der Waals surface area contributed by atoms with Crippen molar-refractivity contribution in [1.29, 1.82) is 0 Å². The summed E-state index contributed by atoms with van der Waals surface area (Å²) in [6.07, 6.45) is 4.31. The molecule has 0 unspecified atom stereocenters. The molecule has 0 radical (unpaired) electrons. The molecular formula is C22H27N5O2S. The second kappa shape index (κ2) is 10.9. The van der Waals surface area contributed by atoms with Crippen LogP contribution in [0.4, 0.5) is 5.69 Å². The van der Waals surface area contributed by atoms with E-state index in [0.29, 0.717) is 24.9 Å². The predicted molar refractivity (Wildman–Crippen MR) is 120 cm³/mol. The van der Waals surface area contributed by atoms with Gasteiger partial charge in [-0.2, -0.15) is 0 Å². The van der Waals surface area contributed by atoms with Gasteiger partial charge >= 0.3 is 0 Å². The number of benzene rings is 1. The Hall–Kier alpha value is -2.71. The quantitative estimate of drug-likeness (QED) is 0.389. The fraction of sp³-hybridized carbons (Fsp3) is 0.364. The van der Waals surface area contributed by atoms with Gasteiger partial charge < -0.3 is 14.6 Å². The molecule has 158 valence electrons. The van der Waals surface area contributed by atoms with E-state index >= 15 is 0 Å². The van der Waals surface area contributed by atoms with Gasteiger partial charge in [0.25, 0.3) is 0 Å². The number of ether oxygens (including phenoxy) is 1. The van der Waals surface area contributed by atoms with Crippen LogP contribution in [0.2, 0.25) is 0 Å². The summed E-state index contributed by atoms with van der Waals surface area (Å²) in [4.78, 5) is 16.6. The van der Waals surface area contributed by atoms with E-state index in [9.17, 15) is 4.79 Å². The van der Waals surface area contributed by atoms with Gasteiger partial charge in [-0.1, -0.05) is 29.5 Å². The number of aromatic nitrogens is 4. The molecule has 0 atom stereocenters. The highest BCUT2D eigenvalue weighted by Gasteiger charge is 2.16. The van der Waals surface area contributed by atoms with Crippen molar-refractivity contribution in [2.45, 2.75) is 38.9 Å². The molecule has 1 N–H and O–H groups in total. The molecule has 3 aromatic rings. The van der Waals surface area contributed by atoms with Gasteiger partial charge in [0.1, 0.15) is 0 Å². The van der Waals surface area contributed by atoms with Crippen LogP contribution in [-0.2, 0) is 16.1 Å². The number of anilines is 1. The zero-order valence-corrected chi connectivity index (χ0v) is 18.4. The molecule has 2 aromatic heterocycles. The maximum Gasteiger partial charge on any atom is 0.234 e. The van der Waals surface area contributed by atoms with E-state index in [2.05, 4.69) is 26.6 Å². The van der Waals surface area contributed by atoms with Crippen molar-refractivity contribution in [3.8, 4) is 11.4 Å². The molecule has 0 fully saturated rings. The minimum Gasteiger partial charge on any atom is -0.382 e. The summed E-state index contributed by atoms with van der Waals surface area (Å²) in [7, 11) is 0. The second-order valence-electron chi connectivity index (χ2n) is 6.90.